The second kappa shape index (κ2) is 6.58. The highest BCUT2D eigenvalue weighted by atomic mass is 79.9. The SMILES string of the molecule is CC(=O)N[C@H](C)c1ccc(Nc2cccc(Br)n2)c(N)c1. The summed E-state index contributed by atoms with van der Waals surface area (Å²) in [5.41, 5.74) is 8.40. The van der Waals surface area contributed by atoms with E-state index in [1.165, 1.54) is 6.92 Å². The number of nitrogen functional groups attached to an aromatic ring is 1. The molecule has 0 aliphatic heterocycles. The van der Waals surface area contributed by atoms with Crippen LogP contribution in [0.1, 0.15) is 25.5 Å². The third-order valence-electron chi connectivity index (χ3n) is 2.97. The Morgan fingerprint density at radius 2 is 2.10 bits per heavy atom. The van der Waals surface area contributed by atoms with Gasteiger partial charge in [-0.25, -0.2) is 4.98 Å². The first kappa shape index (κ1) is 15.3. The van der Waals surface area contributed by atoms with Crippen molar-refractivity contribution in [3.63, 3.8) is 0 Å². The van der Waals surface area contributed by atoms with E-state index < -0.39 is 0 Å². The number of amides is 1. The maximum Gasteiger partial charge on any atom is 0.217 e. The van der Waals surface area contributed by atoms with Gasteiger partial charge in [-0.3, -0.25) is 4.79 Å². The van der Waals surface area contributed by atoms with Gasteiger partial charge in [0.2, 0.25) is 5.91 Å². The van der Waals surface area contributed by atoms with E-state index in [0.29, 0.717) is 11.5 Å². The van der Waals surface area contributed by atoms with Crippen LogP contribution in [0.25, 0.3) is 0 Å². The molecule has 4 N–H and O–H groups in total. The number of anilines is 3. The molecule has 6 heteroatoms. The van der Waals surface area contributed by atoms with Crippen molar-refractivity contribution in [2.45, 2.75) is 19.9 Å². The summed E-state index contributed by atoms with van der Waals surface area (Å²) >= 11 is 3.33. The van der Waals surface area contributed by atoms with Crippen LogP contribution in [-0.4, -0.2) is 10.9 Å². The molecule has 0 saturated heterocycles. The van der Waals surface area contributed by atoms with E-state index in [0.717, 1.165) is 15.9 Å². The molecule has 0 radical (unpaired) electrons. The van der Waals surface area contributed by atoms with E-state index in [1.807, 2.05) is 43.3 Å². The van der Waals surface area contributed by atoms with Gasteiger partial charge in [0.1, 0.15) is 10.4 Å². The topological polar surface area (TPSA) is 80.0 Å². The minimum absolute atomic E-state index is 0.0680. The third kappa shape index (κ3) is 4.19. The molecule has 2 rings (SSSR count). The van der Waals surface area contributed by atoms with Crippen molar-refractivity contribution in [2.24, 2.45) is 0 Å². The zero-order valence-electron chi connectivity index (χ0n) is 11.9. The molecule has 1 aromatic heterocycles. The molecular formula is C15H17BrN4O. The minimum Gasteiger partial charge on any atom is -0.397 e. The molecule has 0 bridgehead atoms. The van der Waals surface area contributed by atoms with Crippen LogP contribution < -0.4 is 16.4 Å². The second-order valence-electron chi connectivity index (χ2n) is 4.74. The zero-order chi connectivity index (χ0) is 15.4. The lowest BCUT2D eigenvalue weighted by Crippen LogP contribution is -2.23. The number of aromatic nitrogens is 1. The number of pyridine rings is 1. The van der Waals surface area contributed by atoms with Crippen molar-refractivity contribution >= 4 is 39.0 Å². The normalized spacial score (nSPS) is 11.8. The number of hydrogen-bond acceptors (Lipinski definition) is 4. The molecule has 0 aliphatic rings. The number of nitrogens with two attached hydrogens (primary N) is 1. The van der Waals surface area contributed by atoms with Crippen molar-refractivity contribution in [1.82, 2.24) is 10.3 Å². The van der Waals surface area contributed by atoms with Gasteiger partial charge in [-0.15, -0.1) is 0 Å². The van der Waals surface area contributed by atoms with Crippen molar-refractivity contribution in [1.29, 1.82) is 0 Å². The van der Waals surface area contributed by atoms with Crippen molar-refractivity contribution in [3.05, 3.63) is 46.6 Å². The molecule has 0 unspecified atom stereocenters. The predicted octanol–water partition coefficient (Wildman–Crippen LogP) is 3.37. The van der Waals surface area contributed by atoms with Crippen LogP contribution in [0.3, 0.4) is 0 Å². The number of benzene rings is 1. The van der Waals surface area contributed by atoms with E-state index in [2.05, 4.69) is 31.5 Å². The summed E-state index contributed by atoms with van der Waals surface area (Å²) < 4.78 is 0.752. The fraction of sp³-hybridized carbons (Fsp3) is 0.200. The highest BCUT2D eigenvalue weighted by molar-refractivity contribution is 9.10. The van der Waals surface area contributed by atoms with Crippen LogP contribution >= 0.6 is 15.9 Å². The molecule has 0 saturated carbocycles. The fourth-order valence-electron chi connectivity index (χ4n) is 1.97. The van der Waals surface area contributed by atoms with Crippen LogP contribution in [0.4, 0.5) is 17.2 Å². The maximum absolute atomic E-state index is 11.1. The monoisotopic (exact) mass is 348 g/mol. The number of rotatable bonds is 4. The van der Waals surface area contributed by atoms with Crippen LogP contribution in [0, 0.1) is 0 Å². The molecule has 1 amide bonds. The Labute approximate surface area is 132 Å². The van der Waals surface area contributed by atoms with Gasteiger partial charge in [0.05, 0.1) is 17.4 Å². The molecule has 5 nitrogen and oxygen atoms in total. The first-order valence-electron chi connectivity index (χ1n) is 6.52. The van der Waals surface area contributed by atoms with Gasteiger partial charge >= 0.3 is 0 Å². The van der Waals surface area contributed by atoms with Gasteiger partial charge in [-0.2, -0.15) is 0 Å². The van der Waals surface area contributed by atoms with E-state index >= 15 is 0 Å². The molecule has 1 heterocycles. The quantitative estimate of drug-likeness (QED) is 0.584. The maximum atomic E-state index is 11.1. The van der Waals surface area contributed by atoms with E-state index in [1.54, 1.807) is 0 Å². The Balaban J connectivity index is 2.17. The van der Waals surface area contributed by atoms with E-state index in [4.69, 9.17) is 5.73 Å². The fourth-order valence-corrected chi connectivity index (χ4v) is 2.31. The lowest BCUT2D eigenvalue weighted by molar-refractivity contribution is -0.119. The Kier molecular flexibility index (Phi) is 4.80. The van der Waals surface area contributed by atoms with Crippen LogP contribution in [0.2, 0.25) is 0 Å². The lowest BCUT2D eigenvalue weighted by atomic mass is 10.1. The van der Waals surface area contributed by atoms with Crippen molar-refractivity contribution < 1.29 is 4.79 Å². The number of hydrogen-bond donors (Lipinski definition) is 3. The summed E-state index contributed by atoms with van der Waals surface area (Å²) in [6, 6.07) is 11.2. The second-order valence-corrected chi connectivity index (χ2v) is 5.55. The molecule has 1 atom stereocenters. The van der Waals surface area contributed by atoms with Gasteiger partial charge in [-0.05, 0) is 52.7 Å². The average Bonchev–Trinajstić information content (AvgIpc) is 2.40. The largest absolute Gasteiger partial charge is 0.397 e. The third-order valence-corrected chi connectivity index (χ3v) is 3.41. The average molecular weight is 349 g/mol. The number of carbonyl (C=O) groups excluding carboxylic acids is 1. The zero-order valence-corrected chi connectivity index (χ0v) is 13.4. The van der Waals surface area contributed by atoms with Gasteiger partial charge in [-0.1, -0.05) is 12.1 Å². The van der Waals surface area contributed by atoms with E-state index in [9.17, 15) is 4.79 Å². The molecule has 0 aliphatic carbocycles. The summed E-state index contributed by atoms with van der Waals surface area (Å²) in [4.78, 5) is 15.4. The van der Waals surface area contributed by atoms with Crippen molar-refractivity contribution in [2.75, 3.05) is 11.1 Å². The number of carbonyl (C=O) groups is 1. The number of nitrogens with zero attached hydrogens (tertiary/aromatic N) is 1. The molecule has 2 aromatic rings. The summed E-state index contributed by atoms with van der Waals surface area (Å²) in [6.07, 6.45) is 0. The van der Waals surface area contributed by atoms with E-state index in [-0.39, 0.29) is 11.9 Å². The highest BCUT2D eigenvalue weighted by Gasteiger charge is 2.09. The predicted molar refractivity (Wildman–Crippen MR) is 88.3 cm³/mol. The Morgan fingerprint density at radius 3 is 2.71 bits per heavy atom. The molecular weight excluding hydrogens is 332 g/mol. The summed E-state index contributed by atoms with van der Waals surface area (Å²) in [7, 11) is 0. The Bertz CT molecular complexity index is 660. The standard InChI is InChI=1S/C15H17BrN4O/c1-9(18-10(2)21)11-6-7-13(12(17)8-11)19-15-5-3-4-14(16)20-15/h3-9H,17H2,1-2H3,(H,18,21)(H,19,20)/t9-/m1/s1. The number of nitrogens with one attached hydrogen (secondary N) is 2. The number of halogens is 1. The van der Waals surface area contributed by atoms with Gasteiger partial charge in [0, 0.05) is 6.92 Å². The summed E-state index contributed by atoms with van der Waals surface area (Å²) in [5, 5.41) is 6.00. The molecule has 0 fully saturated rings. The highest BCUT2D eigenvalue weighted by Crippen LogP contribution is 2.26. The molecule has 110 valence electrons. The van der Waals surface area contributed by atoms with Gasteiger partial charge < -0.3 is 16.4 Å². The molecule has 1 aromatic carbocycles. The van der Waals surface area contributed by atoms with Crippen LogP contribution in [-0.2, 0) is 4.79 Å². The van der Waals surface area contributed by atoms with Gasteiger partial charge in [0.15, 0.2) is 0 Å². The van der Waals surface area contributed by atoms with Crippen LogP contribution in [0.5, 0.6) is 0 Å². The van der Waals surface area contributed by atoms with Crippen molar-refractivity contribution in [3.8, 4) is 0 Å². The lowest BCUT2D eigenvalue weighted by Gasteiger charge is -2.15. The summed E-state index contributed by atoms with van der Waals surface area (Å²) in [5.74, 6) is 0.639. The minimum atomic E-state index is -0.0807. The first-order valence-corrected chi connectivity index (χ1v) is 7.31. The first-order chi connectivity index (χ1) is 9.95. The Hall–Kier alpha value is -2.08. The Morgan fingerprint density at radius 1 is 1.33 bits per heavy atom. The molecule has 21 heavy (non-hydrogen) atoms. The smallest absolute Gasteiger partial charge is 0.217 e. The van der Waals surface area contributed by atoms with Crippen LogP contribution in [0.15, 0.2) is 41.0 Å². The van der Waals surface area contributed by atoms with Gasteiger partial charge in [0.25, 0.3) is 0 Å². The molecule has 0 spiro atoms. The summed E-state index contributed by atoms with van der Waals surface area (Å²) in [6.45, 7) is 3.41.